The van der Waals surface area contributed by atoms with Crippen LogP contribution in [0.2, 0.25) is 5.15 Å². The van der Waals surface area contributed by atoms with Crippen molar-refractivity contribution in [2.24, 2.45) is 5.92 Å². The molecule has 1 unspecified atom stereocenters. The molecule has 1 N–H and O–H groups in total. The molecule has 0 saturated heterocycles. The topological polar surface area (TPSA) is 42.0 Å². The van der Waals surface area contributed by atoms with E-state index < -0.39 is 0 Å². The average Bonchev–Trinajstić information content (AvgIpc) is 2.38. The first-order valence-electron chi connectivity index (χ1n) is 7.01. The molecule has 1 aliphatic rings. The highest BCUT2D eigenvalue weighted by molar-refractivity contribution is 6.29. The number of pyridine rings is 1. The van der Waals surface area contributed by atoms with Gasteiger partial charge in [0.05, 0.1) is 0 Å². The molecule has 0 radical (unpaired) electrons. The maximum atomic E-state index is 12.2. The lowest BCUT2D eigenvalue weighted by Gasteiger charge is -2.28. The van der Waals surface area contributed by atoms with Gasteiger partial charge >= 0.3 is 0 Å². The van der Waals surface area contributed by atoms with Crippen LogP contribution in [0.15, 0.2) is 12.1 Å². The summed E-state index contributed by atoms with van der Waals surface area (Å²) in [5, 5.41) is 3.47. The minimum Gasteiger partial charge on any atom is -0.349 e. The zero-order chi connectivity index (χ0) is 13.8. The van der Waals surface area contributed by atoms with Gasteiger partial charge in [-0.3, -0.25) is 4.79 Å². The van der Waals surface area contributed by atoms with Gasteiger partial charge in [-0.2, -0.15) is 0 Å². The Hall–Kier alpha value is -1.09. The summed E-state index contributed by atoms with van der Waals surface area (Å²) in [6.07, 6.45) is 6.33. The van der Waals surface area contributed by atoms with Crippen molar-refractivity contribution < 1.29 is 4.79 Å². The lowest BCUT2D eigenvalue weighted by Crippen LogP contribution is -2.38. The van der Waals surface area contributed by atoms with E-state index in [1.54, 1.807) is 12.1 Å². The Balaban J connectivity index is 1.99. The first-order chi connectivity index (χ1) is 9.06. The minimum atomic E-state index is -0.0505. The van der Waals surface area contributed by atoms with Crippen molar-refractivity contribution in [2.45, 2.75) is 52.0 Å². The van der Waals surface area contributed by atoms with Gasteiger partial charge in [0.15, 0.2) is 0 Å². The van der Waals surface area contributed by atoms with Crippen molar-refractivity contribution in [2.75, 3.05) is 0 Å². The fourth-order valence-corrected chi connectivity index (χ4v) is 3.05. The molecule has 1 aromatic heterocycles. The standard InChI is InChI=1S/C15H21ClN2O/c1-10-8-13(9-14(16)17-10)15(19)18-11(2)12-6-4-3-5-7-12/h8-9,11-12H,3-7H2,1-2H3,(H,18,19). The number of amides is 1. The predicted octanol–water partition coefficient (Wildman–Crippen LogP) is 3.74. The zero-order valence-electron chi connectivity index (χ0n) is 11.6. The van der Waals surface area contributed by atoms with E-state index in [1.165, 1.54) is 32.1 Å². The molecule has 19 heavy (non-hydrogen) atoms. The molecule has 1 fully saturated rings. The summed E-state index contributed by atoms with van der Waals surface area (Å²) in [5.41, 5.74) is 1.36. The van der Waals surface area contributed by atoms with Gasteiger partial charge in [-0.05, 0) is 44.7 Å². The lowest BCUT2D eigenvalue weighted by molar-refractivity contribution is 0.0919. The van der Waals surface area contributed by atoms with Crippen LogP contribution in [-0.4, -0.2) is 16.9 Å². The van der Waals surface area contributed by atoms with Crippen LogP contribution >= 0.6 is 11.6 Å². The second-order valence-corrected chi connectivity index (χ2v) is 5.87. The summed E-state index contributed by atoms with van der Waals surface area (Å²) in [4.78, 5) is 16.3. The van der Waals surface area contributed by atoms with Crippen molar-refractivity contribution in [3.63, 3.8) is 0 Å². The Morgan fingerprint density at radius 1 is 1.37 bits per heavy atom. The first-order valence-corrected chi connectivity index (χ1v) is 7.39. The summed E-state index contributed by atoms with van der Waals surface area (Å²) in [7, 11) is 0. The van der Waals surface area contributed by atoms with Gasteiger partial charge in [0.2, 0.25) is 0 Å². The molecule has 1 aliphatic carbocycles. The van der Waals surface area contributed by atoms with E-state index in [0.29, 0.717) is 16.6 Å². The van der Waals surface area contributed by atoms with Gasteiger partial charge < -0.3 is 5.32 Å². The molecule has 1 saturated carbocycles. The maximum Gasteiger partial charge on any atom is 0.251 e. The van der Waals surface area contributed by atoms with E-state index in [4.69, 9.17) is 11.6 Å². The molecule has 3 nitrogen and oxygen atoms in total. The van der Waals surface area contributed by atoms with Crippen LogP contribution in [0.25, 0.3) is 0 Å². The fourth-order valence-electron chi connectivity index (χ4n) is 2.80. The molecule has 104 valence electrons. The normalized spacial score (nSPS) is 18.1. The Labute approximate surface area is 119 Å². The largest absolute Gasteiger partial charge is 0.349 e. The number of aromatic nitrogens is 1. The summed E-state index contributed by atoms with van der Waals surface area (Å²) in [5.74, 6) is 0.557. The SMILES string of the molecule is Cc1cc(C(=O)NC(C)C2CCCCC2)cc(Cl)n1. The van der Waals surface area contributed by atoms with Crippen LogP contribution in [0.3, 0.4) is 0 Å². The first kappa shape index (κ1) is 14.3. The quantitative estimate of drug-likeness (QED) is 0.857. The molecule has 4 heteroatoms. The van der Waals surface area contributed by atoms with Gasteiger partial charge in [0, 0.05) is 17.3 Å². The summed E-state index contributed by atoms with van der Waals surface area (Å²) in [6, 6.07) is 3.62. The van der Waals surface area contributed by atoms with Crippen molar-refractivity contribution in [3.05, 3.63) is 28.5 Å². The predicted molar refractivity (Wildman–Crippen MR) is 77.5 cm³/mol. The molecule has 0 aliphatic heterocycles. The average molecular weight is 281 g/mol. The third-order valence-corrected chi connectivity index (χ3v) is 4.09. The number of hydrogen-bond acceptors (Lipinski definition) is 2. The van der Waals surface area contributed by atoms with Crippen molar-refractivity contribution in [1.82, 2.24) is 10.3 Å². The zero-order valence-corrected chi connectivity index (χ0v) is 12.3. The van der Waals surface area contributed by atoms with Crippen molar-refractivity contribution in [1.29, 1.82) is 0 Å². The van der Waals surface area contributed by atoms with Gasteiger partial charge in [-0.25, -0.2) is 4.98 Å². The number of carbonyl (C=O) groups is 1. The summed E-state index contributed by atoms with van der Waals surface area (Å²) < 4.78 is 0. The minimum absolute atomic E-state index is 0.0505. The Morgan fingerprint density at radius 2 is 2.05 bits per heavy atom. The van der Waals surface area contributed by atoms with E-state index in [-0.39, 0.29) is 11.9 Å². The fraction of sp³-hybridized carbons (Fsp3) is 0.600. The van der Waals surface area contributed by atoms with Gasteiger partial charge in [0.1, 0.15) is 5.15 Å². The molecule has 0 bridgehead atoms. The molecule has 1 amide bonds. The smallest absolute Gasteiger partial charge is 0.251 e. The van der Waals surface area contributed by atoms with E-state index in [2.05, 4.69) is 17.2 Å². The molecule has 0 spiro atoms. The summed E-state index contributed by atoms with van der Waals surface area (Å²) >= 11 is 5.89. The highest BCUT2D eigenvalue weighted by atomic mass is 35.5. The molecule has 1 heterocycles. The number of carbonyl (C=O) groups excluding carboxylic acids is 1. The lowest BCUT2D eigenvalue weighted by atomic mass is 9.84. The van der Waals surface area contributed by atoms with Crippen molar-refractivity contribution >= 4 is 17.5 Å². The Morgan fingerprint density at radius 3 is 2.68 bits per heavy atom. The second kappa shape index (κ2) is 6.38. The number of rotatable bonds is 3. The molecule has 0 aromatic carbocycles. The van der Waals surface area contributed by atoms with Crippen molar-refractivity contribution in [3.8, 4) is 0 Å². The number of nitrogens with zero attached hydrogens (tertiary/aromatic N) is 1. The molecular formula is C15H21ClN2O. The highest BCUT2D eigenvalue weighted by Gasteiger charge is 2.22. The monoisotopic (exact) mass is 280 g/mol. The number of hydrogen-bond donors (Lipinski definition) is 1. The number of aryl methyl sites for hydroxylation is 1. The van der Waals surface area contributed by atoms with Crippen LogP contribution in [0.5, 0.6) is 0 Å². The van der Waals surface area contributed by atoms with Crippen LogP contribution < -0.4 is 5.32 Å². The third-order valence-electron chi connectivity index (χ3n) is 3.90. The molecule has 1 atom stereocenters. The van der Waals surface area contributed by atoms with E-state index in [9.17, 15) is 4.79 Å². The van der Waals surface area contributed by atoms with Crippen LogP contribution in [0.1, 0.15) is 55.1 Å². The van der Waals surface area contributed by atoms with Gasteiger partial charge in [-0.1, -0.05) is 30.9 Å². The van der Waals surface area contributed by atoms with Gasteiger partial charge in [0.25, 0.3) is 5.91 Å². The molecule has 2 rings (SSSR count). The van der Waals surface area contributed by atoms with Crippen LogP contribution in [-0.2, 0) is 0 Å². The second-order valence-electron chi connectivity index (χ2n) is 5.48. The van der Waals surface area contributed by atoms with Crippen LogP contribution in [0, 0.1) is 12.8 Å². The van der Waals surface area contributed by atoms with E-state index >= 15 is 0 Å². The molecule has 1 aromatic rings. The molecular weight excluding hydrogens is 260 g/mol. The van der Waals surface area contributed by atoms with E-state index in [0.717, 1.165) is 5.69 Å². The highest BCUT2D eigenvalue weighted by Crippen LogP contribution is 2.26. The Kier molecular flexibility index (Phi) is 4.81. The number of halogens is 1. The Bertz CT molecular complexity index is 435. The van der Waals surface area contributed by atoms with Gasteiger partial charge in [-0.15, -0.1) is 0 Å². The summed E-state index contributed by atoms with van der Waals surface area (Å²) in [6.45, 7) is 3.94. The van der Waals surface area contributed by atoms with Crippen LogP contribution in [0.4, 0.5) is 0 Å². The van der Waals surface area contributed by atoms with E-state index in [1.807, 2.05) is 6.92 Å². The maximum absolute atomic E-state index is 12.2. The third kappa shape index (κ3) is 3.93. The number of nitrogens with one attached hydrogen (secondary N) is 1.